The van der Waals surface area contributed by atoms with E-state index in [0.29, 0.717) is 5.65 Å². The SMILES string of the molecule is Cc1nc2n[nH]c(C)c2nc1C. The summed E-state index contributed by atoms with van der Waals surface area (Å²) < 4.78 is 0. The van der Waals surface area contributed by atoms with Crippen LogP contribution in [0.2, 0.25) is 0 Å². The topological polar surface area (TPSA) is 54.5 Å². The largest absolute Gasteiger partial charge is 0.278 e. The van der Waals surface area contributed by atoms with Crippen LogP contribution in [0, 0.1) is 20.8 Å². The summed E-state index contributed by atoms with van der Waals surface area (Å²) in [5, 5.41) is 6.88. The second-order valence-electron chi connectivity index (χ2n) is 2.92. The van der Waals surface area contributed by atoms with Crippen LogP contribution in [0.25, 0.3) is 11.2 Å². The Kier molecular flexibility index (Phi) is 1.36. The van der Waals surface area contributed by atoms with Gasteiger partial charge in [0.15, 0.2) is 5.65 Å². The molecule has 0 aromatic carbocycles. The Bertz CT molecular complexity index is 430. The first-order chi connectivity index (χ1) is 5.68. The van der Waals surface area contributed by atoms with Crippen molar-refractivity contribution in [2.75, 3.05) is 0 Å². The quantitative estimate of drug-likeness (QED) is 0.634. The molecule has 0 fully saturated rings. The Balaban J connectivity index is 2.87. The highest BCUT2D eigenvalue weighted by Gasteiger charge is 2.05. The van der Waals surface area contributed by atoms with Crippen LogP contribution in [-0.4, -0.2) is 20.2 Å². The van der Waals surface area contributed by atoms with Crippen LogP contribution in [0.5, 0.6) is 0 Å². The zero-order valence-electron chi connectivity index (χ0n) is 7.34. The van der Waals surface area contributed by atoms with Crippen LogP contribution in [0.4, 0.5) is 0 Å². The molecule has 0 aliphatic carbocycles. The van der Waals surface area contributed by atoms with Crippen molar-refractivity contribution in [2.45, 2.75) is 20.8 Å². The fourth-order valence-corrected chi connectivity index (χ4v) is 1.11. The average Bonchev–Trinajstić information content (AvgIpc) is 2.35. The van der Waals surface area contributed by atoms with E-state index in [1.54, 1.807) is 0 Å². The van der Waals surface area contributed by atoms with Gasteiger partial charge in [-0.2, -0.15) is 5.10 Å². The minimum Gasteiger partial charge on any atom is -0.278 e. The lowest BCUT2D eigenvalue weighted by Crippen LogP contribution is -1.91. The summed E-state index contributed by atoms with van der Waals surface area (Å²) in [5.74, 6) is 0. The van der Waals surface area contributed by atoms with Crippen LogP contribution in [0.3, 0.4) is 0 Å². The molecule has 62 valence electrons. The van der Waals surface area contributed by atoms with Crippen molar-refractivity contribution in [1.82, 2.24) is 20.2 Å². The Labute approximate surface area is 70.0 Å². The van der Waals surface area contributed by atoms with Gasteiger partial charge in [0.25, 0.3) is 0 Å². The molecule has 0 saturated carbocycles. The molecule has 0 aliphatic rings. The molecular formula is C8H10N4. The molecular weight excluding hydrogens is 152 g/mol. The maximum atomic E-state index is 4.38. The summed E-state index contributed by atoms with van der Waals surface area (Å²) in [6.07, 6.45) is 0. The van der Waals surface area contributed by atoms with Crippen molar-refractivity contribution in [1.29, 1.82) is 0 Å². The minimum absolute atomic E-state index is 0.704. The van der Waals surface area contributed by atoms with E-state index in [0.717, 1.165) is 22.6 Å². The van der Waals surface area contributed by atoms with Crippen molar-refractivity contribution >= 4 is 11.2 Å². The van der Waals surface area contributed by atoms with E-state index in [1.165, 1.54) is 0 Å². The Morgan fingerprint density at radius 1 is 1.00 bits per heavy atom. The van der Waals surface area contributed by atoms with E-state index in [2.05, 4.69) is 20.2 Å². The number of aryl methyl sites for hydroxylation is 3. The van der Waals surface area contributed by atoms with E-state index >= 15 is 0 Å². The third-order valence-electron chi connectivity index (χ3n) is 1.97. The van der Waals surface area contributed by atoms with Gasteiger partial charge in [-0.3, -0.25) is 5.10 Å². The summed E-state index contributed by atoms with van der Waals surface area (Å²) in [5.41, 5.74) is 4.45. The van der Waals surface area contributed by atoms with Gasteiger partial charge in [-0.25, -0.2) is 9.97 Å². The van der Waals surface area contributed by atoms with Crippen LogP contribution in [-0.2, 0) is 0 Å². The number of hydrogen-bond donors (Lipinski definition) is 1. The van der Waals surface area contributed by atoms with E-state index in [9.17, 15) is 0 Å². The van der Waals surface area contributed by atoms with E-state index in [-0.39, 0.29) is 0 Å². The van der Waals surface area contributed by atoms with Gasteiger partial charge in [-0.15, -0.1) is 0 Å². The zero-order chi connectivity index (χ0) is 8.72. The van der Waals surface area contributed by atoms with Crippen LogP contribution in [0.15, 0.2) is 0 Å². The molecule has 2 aromatic heterocycles. The number of nitrogens with zero attached hydrogens (tertiary/aromatic N) is 3. The van der Waals surface area contributed by atoms with Crippen molar-refractivity contribution in [2.24, 2.45) is 0 Å². The van der Waals surface area contributed by atoms with Gasteiger partial charge in [0.1, 0.15) is 5.52 Å². The Morgan fingerprint density at radius 2 is 1.67 bits per heavy atom. The number of H-pyrrole nitrogens is 1. The molecule has 2 rings (SSSR count). The Hall–Kier alpha value is -1.45. The molecule has 0 atom stereocenters. The summed E-state index contributed by atoms with van der Waals surface area (Å²) in [4.78, 5) is 8.67. The van der Waals surface area contributed by atoms with Gasteiger partial charge in [0.05, 0.1) is 17.1 Å². The predicted molar refractivity (Wildman–Crippen MR) is 45.9 cm³/mol. The summed E-state index contributed by atoms with van der Waals surface area (Å²) in [7, 11) is 0. The molecule has 2 aromatic rings. The molecule has 0 radical (unpaired) electrons. The maximum Gasteiger partial charge on any atom is 0.200 e. The number of hydrogen-bond acceptors (Lipinski definition) is 3. The number of nitrogens with one attached hydrogen (secondary N) is 1. The van der Waals surface area contributed by atoms with Crippen LogP contribution >= 0.6 is 0 Å². The zero-order valence-corrected chi connectivity index (χ0v) is 7.34. The van der Waals surface area contributed by atoms with Crippen molar-refractivity contribution in [3.63, 3.8) is 0 Å². The highest BCUT2D eigenvalue weighted by molar-refractivity contribution is 5.72. The first kappa shape index (κ1) is 7.21. The summed E-state index contributed by atoms with van der Waals surface area (Å²) in [6.45, 7) is 5.83. The predicted octanol–water partition coefficient (Wildman–Crippen LogP) is 1.28. The lowest BCUT2D eigenvalue weighted by Gasteiger charge is -1.96. The standard InChI is InChI=1S/C8H10N4/c1-4-5(2)10-8-7(9-4)6(3)11-12-8/h1-3H3,(H,10,11,12). The van der Waals surface area contributed by atoms with Gasteiger partial charge >= 0.3 is 0 Å². The van der Waals surface area contributed by atoms with Gasteiger partial charge in [0.2, 0.25) is 0 Å². The van der Waals surface area contributed by atoms with Crippen LogP contribution < -0.4 is 0 Å². The molecule has 4 nitrogen and oxygen atoms in total. The van der Waals surface area contributed by atoms with Gasteiger partial charge in [0, 0.05) is 0 Å². The first-order valence-electron chi connectivity index (χ1n) is 3.84. The minimum atomic E-state index is 0.704. The Morgan fingerprint density at radius 3 is 2.42 bits per heavy atom. The average molecular weight is 162 g/mol. The van der Waals surface area contributed by atoms with Crippen molar-refractivity contribution in [3.8, 4) is 0 Å². The van der Waals surface area contributed by atoms with Crippen LogP contribution in [0.1, 0.15) is 17.1 Å². The third kappa shape index (κ3) is 0.879. The van der Waals surface area contributed by atoms with Crippen molar-refractivity contribution < 1.29 is 0 Å². The number of fused-ring (bicyclic) bond motifs is 1. The fourth-order valence-electron chi connectivity index (χ4n) is 1.11. The first-order valence-corrected chi connectivity index (χ1v) is 3.84. The fraction of sp³-hybridized carbons (Fsp3) is 0.375. The number of aromatic amines is 1. The van der Waals surface area contributed by atoms with E-state index in [4.69, 9.17) is 0 Å². The van der Waals surface area contributed by atoms with Crippen molar-refractivity contribution in [3.05, 3.63) is 17.1 Å². The normalized spacial score (nSPS) is 10.9. The lowest BCUT2D eigenvalue weighted by molar-refractivity contribution is 1.04. The smallest absolute Gasteiger partial charge is 0.200 e. The lowest BCUT2D eigenvalue weighted by atomic mass is 10.3. The monoisotopic (exact) mass is 162 g/mol. The molecule has 0 spiro atoms. The van der Waals surface area contributed by atoms with Gasteiger partial charge < -0.3 is 0 Å². The second-order valence-corrected chi connectivity index (χ2v) is 2.92. The van der Waals surface area contributed by atoms with E-state index in [1.807, 2.05) is 20.8 Å². The summed E-state index contributed by atoms with van der Waals surface area (Å²) >= 11 is 0. The second kappa shape index (κ2) is 2.27. The number of rotatable bonds is 0. The van der Waals surface area contributed by atoms with Gasteiger partial charge in [-0.1, -0.05) is 0 Å². The molecule has 0 amide bonds. The number of aromatic nitrogens is 4. The molecule has 2 heterocycles. The van der Waals surface area contributed by atoms with Gasteiger partial charge in [-0.05, 0) is 20.8 Å². The molecule has 0 saturated heterocycles. The molecule has 0 unspecified atom stereocenters. The highest BCUT2D eigenvalue weighted by Crippen LogP contribution is 2.11. The molecule has 4 heteroatoms. The molecule has 0 aliphatic heterocycles. The highest BCUT2D eigenvalue weighted by atomic mass is 15.2. The maximum absolute atomic E-state index is 4.38. The molecule has 12 heavy (non-hydrogen) atoms. The third-order valence-corrected chi connectivity index (χ3v) is 1.97. The summed E-state index contributed by atoms with van der Waals surface area (Å²) in [6, 6.07) is 0. The molecule has 1 N–H and O–H groups in total. The van der Waals surface area contributed by atoms with E-state index < -0.39 is 0 Å². The molecule has 0 bridgehead atoms.